The van der Waals surface area contributed by atoms with E-state index < -0.39 is 8.07 Å². The van der Waals surface area contributed by atoms with Crippen LogP contribution >= 0.6 is 0 Å². The molecule has 108 valence electrons. The molecule has 1 aromatic rings. The van der Waals surface area contributed by atoms with Gasteiger partial charge in [-0.2, -0.15) is 0 Å². The summed E-state index contributed by atoms with van der Waals surface area (Å²) in [6.07, 6.45) is 4.86. The fourth-order valence-corrected chi connectivity index (χ4v) is 4.56. The summed E-state index contributed by atoms with van der Waals surface area (Å²) < 4.78 is 5.22. The van der Waals surface area contributed by atoms with E-state index in [1.54, 1.807) is 7.11 Å². The topological polar surface area (TPSA) is 26.3 Å². The van der Waals surface area contributed by atoms with Crippen LogP contribution < -0.4 is 4.74 Å². The van der Waals surface area contributed by atoms with Gasteiger partial charge in [0, 0.05) is 14.5 Å². The van der Waals surface area contributed by atoms with Gasteiger partial charge in [-0.15, -0.1) is 0 Å². The van der Waals surface area contributed by atoms with E-state index in [1.165, 1.54) is 0 Å². The Balaban J connectivity index is 2.14. The van der Waals surface area contributed by atoms with Gasteiger partial charge in [-0.25, -0.2) is 0 Å². The van der Waals surface area contributed by atoms with Gasteiger partial charge in [-0.05, 0) is 47.7 Å². The fourth-order valence-electron chi connectivity index (χ4n) is 2.75. The van der Waals surface area contributed by atoms with Crippen LogP contribution in [-0.2, 0) is 4.79 Å². The van der Waals surface area contributed by atoms with E-state index in [0.29, 0.717) is 11.3 Å². The Morgan fingerprint density at radius 1 is 1.30 bits per heavy atom. The predicted molar refractivity (Wildman–Crippen MR) is 86.9 cm³/mol. The van der Waals surface area contributed by atoms with E-state index in [2.05, 4.69) is 19.6 Å². The second-order valence-corrected chi connectivity index (χ2v) is 12.2. The minimum Gasteiger partial charge on any atom is -0.497 e. The van der Waals surface area contributed by atoms with E-state index in [-0.39, 0.29) is 0 Å². The molecule has 1 atom stereocenters. The molecule has 1 aliphatic carbocycles. The van der Waals surface area contributed by atoms with Crippen molar-refractivity contribution < 1.29 is 9.53 Å². The van der Waals surface area contributed by atoms with Gasteiger partial charge in [0.2, 0.25) is 0 Å². The van der Waals surface area contributed by atoms with Gasteiger partial charge < -0.3 is 4.74 Å². The first-order valence-electron chi connectivity index (χ1n) is 7.28. The molecular weight excluding hydrogens is 264 g/mol. The molecular formula is C17H24O2Si. The summed E-state index contributed by atoms with van der Waals surface area (Å²) in [5.74, 6) is 1.18. The molecule has 0 aromatic heterocycles. The molecule has 0 saturated heterocycles. The SMILES string of the molecule is COc1cccc(/C=C2/CCC([Si](C)(C)C)CC2=O)c1. The van der Waals surface area contributed by atoms with Crippen LogP contribution in [0.2, 0.25) is 25.2 Å². The largest absolute Gasteiger partial charge is 0.497 e. The van der Waals surface area contributed by atoms with Crippen LogP contribution in [0.5, 0.6) is 5.75 Å². The summed E-state index contributed by atoms with van der Waals surface area (Å²) in [6.45, 7) is 7.09. The molecule has 1 aliphatic rings. The zero-order valence-electron chi connectivity index (χ0n) is 12.9. The van der Waals surface area contributed by atoms with E-state index in [9.17, 15) is 4.79 Å². The first kappa shape index (κ1) is 15.0. The number of hydrogen-bond donors (Lipinski definition) is 0. The highest BCUT2D eigenvalue weighted by Crippen LogP contribution is 2.37. The lowest BCUT2D eigenvalue weighted by molar-refractivity contribution is -0.116. The zero-order chi connectivity index (χ0) is 14.8. The Hall–Kier alpha value is -1.35. The molecule has 0 aliphatic heterocycles. The number of hydrogen-bond acceptors (Lipinski definition) is 2. The highest BCUT2D eigenvalue weighted by molar-refractivity contribution is 6.77. The molecule has 1 fully saturated rings. The molecule has 1 aromatic carbocycles. The van der Waals surface area contributed by atoms with Gasteiger partial charge in [-0.1, -0.05) is 31.8 Å². The van der Waals surface area contributed by atoms with E-state index in [1.807, 2.05) is 30.3 Å². The average Bonchev–Trinajstić information content (AvgIpc) is 2.40. The summed E-state index contributed by atoms with van der Waals surface area (Å²) in [5, 5.41) is 0. The fraction of sp³-hybridized carbons (Fsp3) is 0.471. The van der Waals surface area contributed by atoms with Crippen molar-refractivity contribution in [1.82, 2.24) is 0 Å². The number of ether oxygens (including phenoxy) is 1. The number of carbonyl (C=O) groups is 1. The lowest BCUT2D eigenvalue weighted by atomic mass is 9.91. The third kappa shape index (κ3) is 3.60. The lowest BCUT2D eigenvalue weighted by Crippen LogP contribution is -2.32. The summed E-state index contributed by atoms with van der Waals surface area (Å²) in [6, 6.07) is 7.88. The van der Waals surface area contributed by atoms with Crippen LogP contribution in [0.4, 0.5) is 0 Å². The van der Waals surface area contributed by atoms with Crippen molar-refractivity contribution in [3.05, 3.63) is 35.4 Å². The van der Waals surface area contributed by atoms with Crippen molar-refractivity contribution in [2.45, 2.75) is 44.4 Å². The second-order valence-electron chi connectivity index (χ2n) is 6.68. The van der Waals surface area contributed by atoms with Crippen molar-refractivity contribution in [2.24, 2.45) is 0 Å². The third-order valence-corrected chi connectivity index (χ3v) is 7.15. The van der Waals surface area contributed by atoms with Crippen molar-refractivity contribution in [3.8, 4) is 5.75 Å². The first-order valence-corrected chi connectivity index (χ1v) is 10.9. The van der Waals surface area contributed by atoms with Crippen LogP contribution in [0.15, 0.2) is 29.8 Å². The molecule has 2 nitrogen and oxygen atoms in total. The number of ketones is 1. The smallest absolute Gasteiger partial charge is 0.158 e. The standard InChI is InChI=1S/C17H24O2Si/c1-19-15-7-5-6-13(11-15)10-14-8-9-16(12-17(14)18)20(2,3)4/h5-7,10-11,16H,8-9,12H2,1-4H3/b14-10-. The molecule has 0 N–H and O–H groups in total. The highest BCUT2D eigenvalue weighted by atomic mass is 28.3. The number of carbonyl (C=O) groups excluding carboxylic acids is 1. The summed E-state index contributed by atoms with van der Waals surface area (Å²) in [7, 11) is 0.461. The van der Waals surface area contributed by atoms with Gasteiger partial charge >= 0.3 is 0 Å². The second kappa shape index (κ2) is 5.96. The van der Waals surface area contributed by atoms with Crippen LogP contribution in [0, 0.1) is 0 Å². The third-order valence-electron chi connectivity index (χ3n) is 4.21. The Bertz CT molecular complexity index is 526. The number of methoxy groups -OCH3 is 1. The molecule has 0 radical (unpaired) electrons. The monoisotopic (exact) mass is 288 g/mol. The maximum absolute atomic E-state index is 12.3. The summed E-state index contributed by atoms with van der Waals surface area (Å²) in [5.41, 5.74) is 2.67. The van der Waals surface area contributed by atoms with E-state index in [4.69, 9.17) is 4.74 Å². The quantitative estimate of drug-likeness (QED) is 0.603. The van der Waals surface area contributed by atoms with Crippen molar-refractivity contribution >= 4 is 19.9 Å². The van der Waals surface area contributed by atoms with Crippen molar-refractivity contribution in [2.75, 3.05) is 7.11 Å². The maximum atomic E-state index is 12.3. The molecule has 0 bridgehead atoms. The summed E-state index contributed by atoms with van der Waals surface area (Å²) in [4.78, 5) is 12.3. The number of rotatable bonds is 3. The van der Waals surface area contributed by atoms with Crippen LogP contribution in [0.1, 0.15) is 24.8 Å². The van der Waals surface area contributed by atoms with Crippen LogP contribution in [0.3, 0.4) is 0 Å². The molecule has 0 spiro atoms. The number of Topliss-reactive ketones (excluding diaryl/α,β-unsaturated/α-hetero) is 1. The predicted octanol–water partition coefficient (Wildman–Crippen LogP) is 4.54. The molecule has 20 heavy (non-hydrogen) atoms. The number of benzene rings is 1. The normalized spacial score (nSPS) is 22.1. The van der Waals surface area contributed by atoms with Gasteiger partial charge in [0.25, 0.3) is 0 Å². The van der Waals surface area contributed by atoms with Gasteiger partial charge in [-0.3, -0.25) is 4.79 Å². The lowest BCUT2D eigenvalue weighted by Gasteiger charge is -2.32. The van der Waals surface area contributed by atoms with E-state index in [0.717, 1.165) is 36.1 Å². The van der Waals surface area contributed by atoms with E-state index >= 15 is 0 Å². The Kier molecular flexibility index (Phi) is 4.48. The van der Waals surface area contributed by atoms with Crippen molar-refractivity contribution in [1.29, 1.82) is 0 Å². The number of allylic oxidation sites excluding steroid dienone is 1. The summed E-state index contributed by atoms with van der Waals surface area (Å²) >= 11 is 0. The maximum Gasteiger partial charge on any atom is 0.158 e. The average molecular weight is 288 g/mol. The minimum absolute atomic E-state index is 0.339. The zero-order valence-corrected chi connectivity index (χ0v) is 13.9. The highest BCUT2D eigenvalue weighted by Gasteiger charge is 2.32. The molecule has 0 heterocycles. The Morgan fingerprint density at radius 2 is 2.05 bits per heavy atom. The van der Waals surface area contributed by atoms with Crippen LogP contribution in [0.25, 0.3) is 6.08 Å². The molecule has 3 heteroatoms. The molecule has 2 rings (SSSR count). The van der Waals surface area contributed by atoms with Gasteiger partial charge in [0.1, 0.15) is 5.75 Å². The first-order chi connectivity index (χ1) is 9.40. The molecule has 0 amide bonds. The Morgan fingerprint density at radius 3 is 2.65 bits per heavy atom. The minimum atomic E-state index is -1.20. The van der Waals surface area contributed by atoms with Gasteiger partial charge in [0.15, 0.2) is 5.78 Å². The molecule has 1 saturated carbocycles. The van der Waals surface area contributed by atoms with Crippen LogP contribution in [-0.4, -0.2) is 21.0 Å². The molecule has 1 unspecified atom stereocenters. The Labute approximate surface area is 122 Å². The van der Waals surface area contributed by atoms with Crippen molar-refractivity contribution in [3.63, 3.8) is 0 Å². The van der Waals surface area contributed by atoms with Gasteiger partial charge in [0.05, 0.1) is 7.11 Å².